The van der Waals surface area contributed by atoms with Gasteiger partial charge in [0.05, 0.1) is 5.92 Å². The number of rotatable bonds is 15. The zero-order valence-electron chi connectivity index (χ0n) is 20.8. The van der Waals surface area contributed by atoms with Crippen LogP contribution in [-0.2, 0) is 9.59 Å². The SMILES string of the molecule is CC(C(=O)O)c1ccc(-c2ccccc2)c(F)c1.CCCCCCCCCCCCCC(=O)O. The third-order valence-electron chi connectivity index (χ3n) is 5.94. The van der Waals surface area contributed by atoms with Crippen LogP contribution in [-0.4, -0.2) is 22.2 Å². The van der Waals surface area contributed by atoms with E-state index in [2.05, 4.69) is 6.92 Å². The fraction of sp³-hybridized carbons (Fsp3) is 0.517. The summed E-state index contributed by atoms with van der Waals surface area (Å²) < 4.78 is 14.0. The first-order valence-corrected chi connectivity index (χ1v) is 12.7. The van der Waals surface area contributed by atoms with Crippen LogP contribution in [0.3, 0.4) is 0 Å². The van der Waals surface area contributed by atoms with Crippen LogP contribution in [0.1, 0.15) is 102 Å². The van der Waals surface area contributed by atoms with E-state index in [1.807, 2.05) is 30.3 Å². The molecule has 0 aliphatic heterocycles. The van der Waals surface area contributed by atoms with Crippen LogP contribution in [0.5, 0.6) is 0 Å². The van der Waals surface area contributed by atoms with Crippen molar-refractivity contribution in [2.75, 3.05) is 0 Å². The van der Waals surface area contributed by atoms with Crippen LogP contribution in [0.15, 0.2) is 48.5 Å². The van der Waals surface area contributed by atoms with E-state index in [1.54, 1.807) is 19.1 Å². The van der Waals surface area contributed by atoms with E-state index in [4.69, 9.17) is 10.2 Å². The highest BCUT2D eigenvalue weighted by Crippen LogP contribution is 2.26. The molecule has 188 valence electrons. The molecule has 1 unspecified atom stereocenters. The number of hydrogen-bond acceptors (Lipinski definition) is 2. The molecule has 1 atom stereocenters. The third-order valence-corrected chi connectivity index (χ3v) is 5.94. The highest BCUT2D eigenvalue weighted by molar-refractivity contribution is 5.76. The van der Waals surface area contributed by atoms with Crippen LogP contribution in [0.4, 0.5) is 4.39 Å². The van der Waals surface area contributed by atoms with Crippen molar-refractivity contribution in [1.29, 1.82) is 0 Å². The van der Waals surface area contributed by atoms with Gasteiger partial charge in [-0.05, 0) is 30.5 Å². The zero-order chi connectivity index (χ0) is 25.2. The monoisotopic (exact) mass is 472 g/mol. The molecule has 0 saturated carbocycles. The van der Waals surface area contributed by atoms with Crippen molar-refractivity contribution in [1.82, 2.24) is 0 Å². The van der Waals surface area contributed by atoms with Crippen LogP contribution >= 0.6 is 0 Å². The predicted molar refractivity (Wildman–Crippen MR) is 137 cm³/mol. The summed E-state index contributed by atoms with van der Waals surface area (Å²) in [4.78, 5) is 21.1. The summed E-state index contributed by atoms with van der Waals surface area (Å²) in [6.07, 6.45) is 14.4. The van der Waals surface area contributed by atoms with Gasteiger partial charge < -0.3 is 10.2 Å². The minimum atomic E-state index is -0.957. The molecule has 0 amide bonds. The van der Waals surface area contributed by atoms with Crippen molar-refractivity contribution in [3.63, 3.8) is 0 Å². The number of carboxylic acids is 2. The Hall–Kier alpha value is -2.69. The van der Waals surface area contributed by atoms with Crippen LogP contribution in [0, 0.1) is 5.82 Å². The Morgan fingerprint density at radius 2 is 1.32 bits per heavy atom. The predicted octanol–water partition coefficient (Wildman–Crippen LogP) is 8.45. The summed E-state index contributed by atoms with van der Waals surface area (Å²) in [6.45, 7) is 3.79. The molecule has 0 aliphatic rings. The van der Waals surface area contributed by atoms with Crippen molar-refractivity contribution in [2.45, 2.75) is 96.8 Å². The Morgan fingerprint density at radius 1 is 0.794 bits per heavy atom. The lowest BCUT2D eigenvalue weighted by atomic mass is 9.97. The van der Waals surface area contributed by atoms with E-state index in [1.165, 1.54) is 63.9 Å². The average molecular weight is 473 g/mol. The van der Waals surface area contributed by atoms with Gasteiger partial charge in [0.1, 0.15) is 5.82 Å². The van der Waals surface area contributed by atoms with Gasteiger partial charge in [0, 0.05) is 12.0 Å². The van der Waals surface area contributed by atoms with Gasteiger partial charge in [0.15, 0.2) is 0 Å². The molecule has 2 N–H and O–H groups in total. The lowest BCUT2D eigenvalue weighted by Crippen LogP contribution is -2.07. The first kappa shape index (κ1) is 29.3. The summed E-state index contributed by atoms with van der Waals surface area (Å²) >= 11 is 0. The normalized spacial score (nSPS) is 11.4. The molecule has 2 rings (SSSR count). The van der Waals surface area contributed by atoms with Gasteiger partial charge in [-0.3, -0.25) is 9.59 Å². The van der Waals surface area contributed by atoms with Crippen molar-refractivity contribution in [2.24, 2.45) is 0 Å². The molecule has 0 saturated heterocycles. The molecule has 0 bridgehead atoms. The maximum atomic E-state index is 14.0. The zero-order valence-corrected chi connectivity index (χ0v) is 20.8. The second-order valence-electron chi connectivity index (χ2n) is 8.84. The Balaban J connectivity index is 0.000000344. The van der Waals surface area contributed by atoms with E-state index in [0.717, 1.165) is 18.4 Å². The molecule has 4 nitrogen and oxygen atoms in total. The molecule has 2 aromatic carbocycles. The number of halogens is 1. The van der Waals surface area contributed by atoms with Crippen molar-refractivity contribution >= 4 is 11.9 Å². The Bertz CT molecular complexity index is 835. The Kier molecular flexibility index (Phi) is 15.3. The molecule has 0 spiro atoms. The summed E-state index contributed by atoms with van der Waals surface area (Å²) in [7, 11) is 0. The average Bonchev–Trinajstić information content (AvgIpc) is 2.82. The molecule has 34 heavy (non-hydrogen) atoms. The summed E-state index contributed by atoms with van der Waals surface area (Å²) in [6, 6.07) is 13.7. The smallest absolute Gasteiger partial charge is 0.310 e. The minimum Gasteiger partial charge on any atom is -0.481 e. The molecular formula is C29H41FO4. The van der Waals surface area contributed by atoms with E-state index in [0.29, 0.717) is 17.5 Å². The topological polar surface area (TPSA) is 74.6 Å². The fourth-order valence-corrected chi connectivity index (χ4v) is 3.74. The van der Waals surface area contributed by atoms with Gasteiger partial charge in [-0.1, -0.05) is 114 Å². The third kappa shape index (κ3) is 12.5. The van der Waals surface area contributed by atoms with Gasteiger partial charge in [0.2, 0.25) is 0 Å². The molecule has 0 aromatic heterocycles. The molecule has 2 aromatic rings. The van der Waals surface area contributed by atoms with E-state index < -0.39 is 23.7 Å². The van der Waals surface area contributed by atoms with Gasteiger partial charge in [0.25, 0.3) is 0 Å². The number of aliphatic carboxylic acids is 2. The molecular weight excluding hydrogens is 431 g/mol. The number of hydrogen-bond donors (Lipinski definition) is 2. The molecule has 0 aliphatic carbocycles. The lowest BCUT2D eigenvalue weighted by Gasteiger charge is -2.09. The summed E-state index contributed by atoms with van der Waals surface area (Å²) in [5.41, 5.74) is 1.74. The number of benzene rings is 2. The second-order valence-corrected chi connectivity index (χ2v) is 8.84. The first-order chi connectivity index (χ1) is 16.4. The van der Waals surface area contributed by atoms with Crippen LogP contribution in [0.25, 0.3) is 11.1 Å². The highest BCUT2D eigenvalue weighted by atomic mass is 19.1. The van der Waals surface area contributed by atoms with Gasteiger partial charge >= 0.3 is 11.9 Å². The number of carbonyl (C=O) groups is 2. The van der Waals surface area contributed by atoms with E-state index in [-0.39, 0.29) is 0 Å². The molecule has 0 fully saturated rings. The van der Waals surface area contributed by atoms with E-state index >= 15 is 0 Å². The minimum absolute atomic E-state index is 0.344. The molecule has 0 radical (unpaired) electrons. The van der Waals surface area contributed by atoms with Crippen molar-refractivity contribution < 1.29 is 24.2 Å². The fourth-order valence-electron chi connectivity index (χ4n) is 3.74. The van der Waals surface area contributed by atoms with Gasteiger partial charge in [-0.15, -0.1) is 0 Å². The highest BCUT2D eigenvalue weighted by Gasteiger charge is 2.15. The maximum absolute atomic E-state index is 14.0. The van der Waals surface area contributed by atoms with Gasteiger partial charge in [-0.25, -0.2) is 4.39 Å². The second kappa shape index (κ2) is 17.7. The van der Waals surface area contributed by atoms with Crippen LogP contribution < -0.4 is 0 Å². The quantitative estimate of drug-likeness (QED) is 0.255. The first-order valence-electron chi connectivity index (χ1n) is 12.7. The largest absolute Gasteiger partial charge is 0.481 e. The molecule has 0 heterocycles. The van der Waals surface area contributed by atoms with E-state index in [9.17, 15) is 14.0 Å². The standard InChI is InChI=1S/C15H13FO2.C14H28O2/c1-10(15(17)18)12-7-8-13(14(16)9-12)11-5-3-2-4-6-11;1-2-3-4-5-6-7-8-9-10-11-12-13-14(15)16/h2-10H,1H3,(H,17,18);2-13H2,1H3,(H,15,16). The van der Waals surface area contributed by atoms with Crippen molar-refractivity contribution in [3.05, 3.63) is 59.9 Å². The van der Waals surface area contributed by atoms with Gasteiger partial charge in [-0.2, -0.15) is 0 Å². The summed E-state index contributed by atoms with van der Waals surface area (Å²) in [5.74, 6) is -2.71. The summed E-state index contributed by atoms with van der Waals surface area (Å²) in [5, 5.41) is 17.3. The maximum Gasteiger partial charge on any atom is 0.310 e. The number of unbranched alkanes of at least 4 members (excludes halogenated alkanes) is 10. The Labute approximate surface area is 204 Å². The van der Waals surface area contributed by atoms with Crippen molar-refractivity contribution in [3.8, 4) is 11.1 Å². The lowest BCUT2D eigenvalue weighted by molar-refractivity contribution is -0.138. The Morgan fingerprint density at radius 3 is 1.79 bits per heavy atom. The number of carboxylic acid groups (broad SMARTS) is 2. The van der Waals surface area contributed by atoms with Crippen LogP contribution in [0.2, 0.25) is 0 Å². The molecule has 5 heteroatoms.